The van der Waals surface area contributed by atoms with E-state index >= 15 is 0 Å². The van der Waals surface area contributed by atoms with Crippen molar-refractivity contribution in [1.29, 1.82) is 0 Å². The van der Waals surface area contributed by atoms with Gasteiger partial charge in [0.25, 0.3) is 11.6 Å². The first kappa shape index (κ1) is 19.3. The number of non-ortho nitro benzene ring substituents is 1. The van der Waals surface area contributed by atoms with Crippen LogP contribution in [-0.2, 0) is 10.5 Å². The average molecular weight is 408 g/mol. The number of rotatable bonds is 5. The summed E-state index contributed by atoms with van der Waals surface area (Å²) in [6, 6.07) is 13.8. The number of hydrogen-bond acceptors (Lipinski definition) is 6. The standard InChI is InChI=1S/C21H20N4O3S/c1-3-13(2)18-20(26)24-19(23-18)16-9-4-5-10-17(16)22-21(24)29-12-14-7-6-8-15(11-14)25(27)28/h4-11,13,18H,3,12H2,1-2H3/t13-,18-/m1/s1. The summed E-state index contributed by atoms with van der Waals surface area (Å²) < 4.78 is 0. The Kier molecular flexibility index (Phi) is 5.19. The number of fused-ring (bicyclic) bond motifs is 3. The van der Waals surface area contributed by atoms with Crippen LogP contribution in [0.15, 0.2) is 58.5 Å². The van der Waals surface area contributed by atoms with Crippen LogP contribution in [0, 0.1) is 16.0 Å². The predicted octanol–water partition coefficient (Wildman–Crippen LogP) is 4.53. The van der Waals surface area contributed by atoms with E-state index < -0.39 is 11.0 Å². The topological polar surface area (TPSA) is 88.2 Å². The van der Waals surface area contributed by atoms with Gasteiger partial charge in [-0.15, -0.1) is 0 Å². The van der Waals surface area contributed by atoms with E-state index in [1.54, 1.807) is 17.0 Å². The maximum atomic E-state index is 13.1. The lowest BCUT2D eigenvalue weighted by Crippen LogP contribution is -2.42. The third kappa shape index (κ3) is 3.55. The van der Waals surface area contributed by atoms with Crippen LogP contribution in [0.2, 0.25) is 0 Å². The number of aliphatic imine (C=N–C) groups is 2. The highest BCUT2D eigenvalue weighted by Gasteiger charge is 2.42. The van der Waals surface area contributed by atoms with Gasteiger partial charge in [0.1, 0.15) is 11.9 Å². The third-order valence-electron chi connectivity index (χ3n) is 5.17. The third-order valence-corrected chi connectivity index (χ3v) is 6.18. The van der Waals surface area contributed by atoms with E-state index in [0.717, 1.165) is 23.2 Å². The number of benzene rings is 2. The summed E-state index contributed by atoms with van der Waals surface area (Å²) in [4.78, 5) is 34.8. The number of hydrogen-bond donors (Lipinski definition) is 0. The predicted molar refractivity (Wildman–Crippen MR) is 115 cm³/mol. The van der Waals surface area contributed by atoms with Gasteiger partial charge in [-0.05, 0) is 23.6 Å². The molecule has 8 heteroatoms. The molecule has 0 aliphatic carbocycles. The molecule has 2 atom stereocenters. The van der Waals surface area contributed by atoms with Crippen LogP contribution < -0.4 is 0 Å². The molecule has 2 aromatic rings. The smallest absolute Gasteiger partial charge is 0.269 e. The quantitative estimate of drug-likeness (QED) is 0.537. The highest BCUT2D eigenvalue weighted by Crippen LogP contribution is 2.36. The summed E-state index contributed by atoms with van der Waals surface area (Å²) in [6.07, 6.45) is 0.857. The second-order valence-corrected chi connectivity index (χ2v) is 8.03. The lowest BCUT2D eigenvalue weighted by Gasteiger charge is -2.26. The number of amidine groups is 2. The van der Waals surface area contributed by atoms with Gasteiger partial charge in [0.2, 0.25) is 0 Å². The number of amides is 1. The van der Waals surface area contributed by atoms with E-state index in [1.807, 2.05) is 37.3 Å². The molecule has 2 aliphatic heterocycles. The number of carbonyl (C=O) groups is 1. The lowest BCUT2D eigenvalue weighted by molar-refractivity contribution is -0.384. The molecule has 1 amide bonds. The van der Waals surface area contributed by atoms with Crippen molar-refractivity contribution in [2.75, 3.05) is 0 Å². The Bertz CT molecular complexity index is 1050. The fraction of sp³-hybridized carbons (Fsp3) is 0.286. The fourth-order valence-electron chi connectivity index (χ4n) is 3.37. The van der Waals surface area contributed by atoms with Crippen molar-refractivity contribution >= 4 is 40.0 Å². The maximum absolute atomic E-state index is 13.1. The molecule has 148 valence electrons. The summed E-state index contributed by atoms with van der Waals surface area (Å²) in [5.74, 6) is 1.19. The minimum absolute atomic E-state index is 0.0513. The molecule has 0 spiro atoms. The first-order valence-electron chi connectivity index (χ1n) is 9.45. The zero-order valence-corrected chi connectivity index (χ0v) is 16.9. The number of nitrogens with zero attached hydrogens (tertiary/aromatic N) is 4. The van der Waals surface area contributed by atoms with Crippen molar-refractivity contribution in [1.82, 2.24) is 4.90 Å². The van der Waals surface area contributed by atoms with E-state index in [4.69, 9.17) is 9.98 Å². The zero-order chi connectivity index (χ0) is 20.5. The monoisotopic (exact) mass is 408 g/mol. The van der Waals surface area contributed by atoms with Crippen LogP contribution >= 0.6 is 11.8 Å². The molecule has 2 aromatic carbocycles. The molecular formula is C21H20N4O3S. The molecule has 0 fully saturated rings. The lowest BCUT2D eigenvalue weighted by atomic mass is 10.00. The van der Waals surface area contributed by atoms with Gasteiger partial charge in [-0.1, -0.05) is 56.3 Å². The molecule has 29 heavy (non-hydrogen) atoms. The Morgan fingerprint density at radius 3 is 2.79 bits per heavy atom. The SMILES string of the molecule is CC[C@@H](C)[C@H]1N=C2c3ccccc3N=C(SCc3cccc([N+](=O)[O-])c3)N2C1=O. The molecule has 2 heterocycles. The van der Waals surface area contributed by atoms with E-state index in [1.165, 1.54) is 17.8 Å². The molecule has 0 N–H and O–H groups in total. The Balaban J connectivity index is 1.66. The highest BCUT2D eigenvalue weighted by molar-refractivity contribution is 8.13. The Labute approximate surface area is 172 Å². The highest BCUT2D eigenvalue weighted by atomic mass is 32.2. The second-order valence-electron chi connectivity index (χ2n) is 7.08. The van der Waals surface area contributed by atoms with Gasteiger partial charge in [-0.25, -0.2) is 9.89 Å². The molecule has 0 bridgehead atoms. The van der Waals surface area contributed by atoms with E-state index in [2.05, 4.69) is 6.92 Å². The van der Waals surface area contributed by atoms with Crippen LogP contribution in [-0.4, -0.2) is 32.8 Å². The number of thioether (sulfide) groups is 1. The van der Waals surface area contributed by atoms with Crippen LogP contribution in [0.1, 0.15) is 31.4 Å². The van der Waals surface area contributed by atoms with Gasteiger partial charge in [-0.2, -0.15) is 0 Å². The van der Waals surface area contributed by atoms with Crippen molar-refractivity contribution < 1.29 is 9.72 Å². The summed E-state index contributed by atoms with van der Waals surface area (Å²) in [5, 5.41) is 11.6. The Morgan fingerprint density at radius 1 is 1.24 bits per heavy atom. The maximum Gasteiger partial charge on any atom is 0.269 e. The Hall–Kier alpha value is -3.00. The molecule has 2 aliphatic rings. The van der Waals surface area contributed by atoms with E-state index in [0.29, 0.717) is 16.8 Å². The van der Waals surface area contributed by atoms with Crippen LogP contribution in [0.4, 0.5) is 11.4 Å². The van der Waals surface area contributed by atoms with Gasteiger partial charge < -0.3 is 0 Å². The summed E-state index contributed by atoms with van der Waals surface area (Å²) in [6.45, 7) is 4.08. The number of para-hydroxylation sites is 1. The summed E-state index contributed by atoms with van der Waals surface area (Å²) >= 11 is 1.39. The van der Waals surface area contributed by atoms with Gasteiger partial charge in [0.05, 0.1) is 10.6 Å². The van der Waals surface area contributed by atoms with Crippen LogP contribution in [0.25, 0.3) is 0 Å². The van der Waals surface area contributed by atoms with Gasteiger partial charge in [0.15, 0.2) is 5.17 Å². The number of carbonyl (C=O) groups excluding carboxylic acids is 1. The normalized spacial score (nSPS) is 18.6. The van der Waals surface area contributed by atoms with Crippen molar-refractivity contribution in [2.45, 2.75) is 32.1 Å². The van der Waals surface area contributed by atoms with Crippen molar-refractivity contribution in [3.05, 3.63) is 69.8 Å². The van der Waals surface area contributed by atoms with Gasteiger partial charge in [0, 0.05) is 23.4 Å². The Morgan fingerprint density at radius 2 is 2.03 bits per heavy atom. The molecule has 0 unspecified atom stereocenters. The van der Waals surface area contributed by atoms with Crippen molar-refractivity contribution in [3.63, 3.8) is 0 Å². The molecule has 7 nitrogen and oxygen atoms in total. The first-order chi connectivity index (χ1) is 14.0. The average Bonchev–Trinajstić information content (AvgIpc) is 3.09. The van der Waals surface area contributed by atoms with Gasteiger partial charge in [-0.3, -0.25) is 19.9 Å². The van der Waals surface area contributed by atoms with Gasteiger partial charge >= 0.3 is 0 Å². The van der Waals surface area contributed by atoms with Crippen molar-refractivity contribution in [3.8, 4) is 0 Å². The number of nitro groups is 1. The molecular weight excluding hydrogens is 388 g/mol. The van der Waals surface area contributed by atoms with Crippen molar-refractivity contribution in [2.24, 2.45) is 15.9 Å². The molecule has 4 rings (SSSR count). The minimum Gasteiger partial charge on any atom is -0.271 e. The molecule has 0 radical (unpaired) electrons. The van der Waals surface area contributed by atoms with E-state index in [-0.39, 0.29) is 17.5 Å². The summed E-state index contributed by atoms with van der Waals surface area (Å²) in [5.41, 5.74) is 2.48. The van der Waals surface area contributed by atoms with Crippen LogP contribution in [0.5, 0.6) is 0 Å². The summed E-state index contributed by atoms with van der Waals surface area (Å²) in [7, 11) is 0. The largest absolute Gasteiger partial charge is 0.271 e. The van der Waals surface area contributed by atoms with E-state index in [9.17, 15) is 14.9 Å². The second kappa shape index (κ2) is 7.79. The minimum atomic E-state index is -0.412. The fourth-order valence-corrected chi connectivity index (χ4v) is 4.31. The first-order valence-corrected chi connectivity index (χ1v) is 10.4. The molecule has 0 saturated heterocycles. The van der Waals surface area contributed by atoms with Crippen LogP contribution in [0.3, 0.4) is 0 Å². The number of nitro benzene ring substituents is 1. The zero-order valence-electron chi connectivity index (χ0n) is 16.1. The molecule has 0 aromatic heterocycles. The molecule has 0 saturated carbocycles.